The van der Waals surface area contributed by atoms with Crippen LogP contribution in [0.5, 0.6) is 5.75 Å². The van der Waals surface area contributed by atoms with Crippen LogP contribution in [0, 0.1) is 0 Å². The molecule has 3 N–H and O–H groups in total. The first-order valence-corrected chi connectivity index (χ1v) is 7.55. The van der Waals surface area contributed by atoms with Gasteiger partial charge in [-0.25, -0.2) is 0 Å². The van der Waals surface area contributed by atoms with Crippen LogP contribution in [0.4, 0.5) is 5.69 Å². The zero-order valence-electron chi connectivity index (χ0n) is 11.7. The number of nitrogens with one attached hydrogen (secondary N) is 3. The van der Waals surface area contributed by atoms with Crippen molar-refractivity contribution in [1.29, 1.82) is 0 Å². The summed E-state index contributed by atoms with van der Waals surface area (Å²) in [7, 11) is 1.57. The summed E-state index contributed by atoms with van der Waals surface area (Å²) in [6.07, 6.45) is 0. The Labute approximate surface area is 142 Å². The molecular weight excluding hydrogens is 366 g/mol. The fourth-order valence-corrected chi connectivity index (χ4v) is 2.22. The number of thiocarbonyl (C=S) groups is 1. The highest BCUT2D eigenvalue weighted by Gasteiger charge is 2.06. The molecule has 0 saturated heterocycles. The molecule has 1 amide bonds. The molecule has 2 aromatic carbocycles. The van der Waals surface area contributed by atoms with Gasteiger partial charge in [0.1, 0.15) is 5.75 Å². The molecule has 0 atom stereocenters. The van der Waals surface area contributed by atoms with Crippen LogP contribution in [0.25, 0.3) is 0 Å². The van der Waals surface area contributed by atoms with E-state index < -0.39 is 0 Å². The molecule has 0 radical (unpaired) electrons. The van der Waals surface area contributed by atoms with Gasteiger partial charge in [-0.15, -0.1) is 0 Å². The van der Waals surface area contributed by atoms with Gasteiger partial charge in [-0.1, -0.05) is 22.0 Å². The van der Waals surface area contributed by atoms with Gasteiger partial charge in [0.05, 0.1) is 7.11 Å². The van der Waals surface area contributed by atoms with Crippen LogP contribution >= 0.6 is 28.1 Å². The Morgan fingerprint density at radius 2 is 1.86 bits per heavy atom. The topological polar surface area (TPSA) is 62.4 Å². The third-order valence-corrected chi connectivity index (χ3v) is 3.42. The van der Waals surface area contributed by atoms with E-state index in [0.717, 1.165) is 10.2 Å². The molecule has 2 aromatic rings. The average Bonchev–Trinajstić information content (AvgIpc) is 2.52. The quantitative estimate of drug-likeness (QED) is 0.564. The molecule has 0 bridgehead atoms. The van der Waals surface area contributed by atoms with E-state index in [4.69, 9.17) is 17.0 Å². The largest absolute Gasteiger partial charge is 0.497 e. The number of carbonyl (C=O) groups excluding carboxylic acids is 1. The summed E-state index contributed by atoms with van der Waals surface area (Å²) in [5, 5.41) is 3.26. The Kier molecular flexibility index (Phi) is 5.74. The van der Waals surface area contributed by atoms with Gasteiger partial charge in [0.15, 0.2) is 5.11 Å². The highest BCUT2D eigenvalue weighted by atomic mass is 79.9. The van der Waals surface area contributed by atoms with Crippen LogP contribution in [0.1, 0.15) is 10.4 Å². The van der Waals surface area contributed by atoms with E-state index in [2.05, 4.69) is 32.1 Å². The molecule has 0 aromatic heterocycles. The summed E-state index contributed by atoms with van der Waals surface area (Å²) in [4.78, 5) is 11.9. The molecule has 2 rings (SSSR count). The van der Waals surface area contributed by atoms with Gasteiger partial charge in [-0.3, -0.25) is 15.6 Å². The molecule has 5 nitrogen and oxygen atoms in total. The van der Waals surface area contributed by atoms with Crippen molar-refractivity contribution in [2.45, 2.75) is 0 Å². The molecule has 22 heavy (non-hydrogen) atoms. The predicted octanol–water partition coefficient (Wildman–Crippen LogP) is 3.09. The maximum atomic E-state index is 11.9. The Morgan fingerprint density at radius 3 is 2.50 bits per heavy atom. The SMILES string of the molecule is COc1ccc(C(=O)NNC(=S)Nc2cccc(Br)c2)cc1. The first-order valence-electron chi connectivity index (χ1n) is 6.35. The van der Waals surface area contributed by atoms with Crippen molar-refractivity contribution in [3.05, 3.63) is 58.6 Å². The van der Waals surface area contributed by atoms with Gasteiger partial charge >= 0.3 is 0 Å². The monoisotopic (exact) mass is 379 g/mol. The van der Waals surface area contributed by atoms with Crippen molar-refractivity contribution in [1.82, 2.24) is 10.9 Å². The van der Waals surface area contributed by atoms with E-state index in [0.29, 0.717) is 16.4 Å². The second-order valence-electron chi connectivity index (χ2n) is 4.27. The molecular formula is C15H14BrN3O2S. The number of hydrogen-bond acceptors (Lipinski definition) is 3. The van der Waals surface area contributed by atoms with E-state index >= 15 is 0 Å². The highest BCUT2D eigenvalue weighted by molar-refractivity contribution is 9.10. The minimum atomic E-state index is -0.291. The maximum absolute atomic E-state index is 11.9. The van der Waals surface area contributed by atoms with Crippen LogP contribution in [0.15, 0.2) is 53.0 Å². The Hall–Kier alpha value is -2.12. The molecule has 114 valence electrons. The zero-order chi connectivity index (χ0) is 15.9. The molecule has 0 aliphatic carbocycles. The maximum Gasteiger partial charge on any atom is 0.269 e. The van der Waals surface area contributed by atoms with Crippen LogP contribution in [-0.2, 0) is 0 Å². The summed E-state index contributed by atoms with van der Waals surface area (Å²) in [6, 6.07) is 14.3. The smallest absolute Gasteiger partial charge is 0.269 e. The third-order valence-electron chi connectivity index (χ3n) is 2.72. The fraction of sp³-hybridized carbons (Fsp3) is 0.0667. The van der Waals surface area contributed by atoms with Crippen LogP contribution in [0.2, 0.25) is 0 Å². The third kappa shape index (κ3) is 4.71. The van der Waals surface area contributed by atoms with Gasteiger partial charge in [-0.05, 0) is 54.7 Å². The number of benzene rings is 2. The van der Waals surface area contributed by atoms with Gasteiger partial charge in [0.25, 0.3) is 5.91 Å². The fourth-order valence-electron chi connectivity index (χ4n) is 1.66. The number of carbonyl (C=O) groups is 1. The lowest BCUT2D eigenvalue weighted by Crippen LogP contribution is -2.43. The summed E-state index contributed by atoms with van der Waals surface area (Å²) < 4.78 is 5.97. The minimum absolute atomic E-state index is 0.291. The predicted molar refractivity (Wildman–Crippen MR) is 94.0 cm³/mol. The summed E-state index contributed by atoms with van der Waals surface area (Å²) >= 11 is 8.49. The molecule has 0 unspecified atom stereocenters. The van der Waals surface area contributed by atoms with Crippen molar-refractivity contribution in [2.75, 3.05) is 12.4 Å². The standard InChI is InChI=1S/C15H14BrN3O2S/c1-21-13-7-5-10(6-8-13)14(20)18-19-15(22)17-12-4-2-3-11(16)9-12/h2-9H,1H3,(H,18,20)(H2,17,19,22). The number of anilines is 1. The number of ether oxygens (including phenoxy) is 1. The Bertz CT molecular complexity index is 677. The van der Waals surface area contributed by atoms with Gasteiger partial charge < -0.3 is 10.1 Å². The molecule has 0 fully saturated rings. The number of hydrogen-bond donors (Lipinski definition) is 3. The lowest BCUT2D eigenvalue weighted by atomic mass is 10.2. The molecule has 7 heteroatoms. The number of methoxy groups -OCH3 is 1. The summed E-state index contributed by atoms with van der Waals surface area (Å²) in [6.45, 7) is 0. The van der Waals surface area contributed by atoms with E-state index in [-0.39, 0.29) is 5.91 Å². The van der Waals surface area contributed by atoms with Crippen LogP contribution in [0.3, 0.4) is 0 Å². The molecule has 0 aliphatic heterocycles. The molecule has 0 aliphatic rings. The van der Waals surface area contributed by atoms with Gasteiger partial charge in [0.2, 0.25) is 0 Å². The first kappa shape index (κ1) is 16.3. The lowest BCUT2D eigenvalue weighted by molar-refractivity contribution is 0.0944. The van der Waals surface area contributed by atoms with E-state index in [1.807, 2.05) is 24.3 Å². The number of halogens is 1. The number of hydrazine groups is 1. The van der Waals surface area contributed by atoms with Crippen molar-refractivity contribution < 1.29 is 9.53 Å². The average molecular weight is 380 g/mol. The summed E-state index contributed by atoms with van der Waals surface area (Å²) in [5.41, 5.74) is 6.49. The highest BCUT2D eigenvalue weighted by Crippen LogP contribution is 2.15. The van der Waals surface area contributed by atoms with E-state index in [1.54, 1.807) is 31.4 Å². The second-order valence-corrected chi connectivity index (χ2v) is 5.60. The van der Waals surface area contributed by atoms with Gasteiger partial charge in [0, 0.05) is 15.7 Å². The second kappa shape index (κ2) is 7.77. The van der Waals surface area contributed by atoms with E-state index in [1.165, 1.54) is 0 Å². The Balaban J connectivity index is 1.86. The molecule has 0 heterocycles. The van der Waals surface area contributed by atoms with Crippen molar-refractivity contribution >= 4 is 44.9 Å². The minimum Gasteiger partial charge on any atom is -0.497 e. The molecule has 0 spiro atoms. The van der Waals surface area contributed by atoms with Crippen LogP contribution < -0.4 is 20.9 Å². The Morgan fingerprint density at radius 1 is 1.14 bits per heavy atom. The van der Waals surface area contributed by atoms with Gasteiger partial charge in [-0.2, -0.15) is 0 Å². The first-order chi connectivity index (χ1) is 10.6. The normalized spacial score (nSPS) is 9.73. The van der Waals surface area contributed by atoms with Crippen molar-refractivity contribution in [3.8, 4) is 5.75 Å². The van der Waals surface area contributed by atoms with Crippen molar-refractivity contribution in [3.63, 3.8) is 0 Å². The van der Waals surface area contributed by atoms with Crippen LogP contribution in [-0.4, -0.2) is 18.1 Å². The van der Waals surface area contributed by atoms with E-state index in [9.17, 15) is 4.79 Å². The number of rotatable bonds is 3. The zero-order valence-corrected chi connectivity index (χ0v) is 14.1. The summed E-state index contributed by atoms with van der Waals surface area (Å²) in [5.74, 6) is 0.400. The van der Waals surface area contributed by atoms with Crippen molar-refractivity contribution in [2.24, 2.45) is 0 Å². The lowest BCUT2D eigenvalue weighted by Gasteiger charge is -2.12. The molecule has 0 saturated carbocycles. The number of amides is 1.